The summed E-state index contributed by atoms with van der Waals surface area (Å²) in [5.74, 6) is -3.88. The second kappa shape index (κ2) is 10.7. The number of esters is 3. The van der Waals surface area contributed by atoms with Crippen molar-refractivity contribution in [3.05, 3.63) is 10.6 Å². The lowest BCUT2D eigenvalue weighted by atomic mass is 9.54. The zero-order valence-corrected chi connectivity index (χ0v) is 23.8. The maximum absolute atomic E-state index is 12.7. The molecule has 38 heavy (non-hydrogen) atoms. The van der Waals surface area contributed by atoms with Gasteiger partial charge in [-0.2, -0.15) is 0 Å². The van der Waals surface area contributed by atoms with Crippen molar-refractivity contribution in [1.29, 1.82) is 0 Å². The predicted molar refractivity (Wildman–Crippen MR) is 137 cm³/mol. The number of allylic oxidation sites excluding steroid dienone is 1. The number of halogens is 1. The Kier molecular flexibility index (Phi) is 8.26. The van der Waals surface area contributed by atoms with Gasteiger partial charge >= 0.3 is 17.9 Å². The maximum Gasteiger partial charge on any atom is 0.312 e. The molecule has 0 aromatic carbocycles. The van der Waals surface area contributed by atoms with E-state index in [1.807, 2.05) is 13.8 Å². The largest absolute Gasteiger partial charge is 0.462 e. The number of epoxide rings is 1. The van der Waals surface area contributed by atoms with Gasteiger partial charge in [-0.15, -0.1) is 0 Å². The van der Waals surface area contributed by atoms with E-state index in [0.29, 0.717) is 24.8 Å². The molecule has 1 saturated carbocycles. The number of rotatable bonds is 6. The Balaban J connectivity index is 1.80. The summed E-state index contributed by atoms with van der Waals surface area (Å²) in [5.41, 5.74) is -2.36. The van der Waals surface area contributed by atoms with E-state index in [1.165, 1.54) is 13.8 Å². The topological polar surface area (TPSA) is 132 Å². The maximum atomic E-state index is 12.7. The molecule has 10 heteroatoms. The standard InChI is InChI=1S/C28H41ClO9/c1-7-8-9-10-18(31)36-21-14(3)19-23(32)28(34)15(4)26(33)38-24(28)20(29)13(2)11-12-17(35-16(5)30)27(19,6)25-22(21)37-25/h14-15,17,19,21-25,32,34H,7-12H2,1-6H3/b20-13+/t14-,15+,17+,19-,21+,22+,23+,24-,25+,27-,28-/m1/s1. The Morgan fingerprint density at radius 3 is 2.53 bits per heavy atom. The van der Waals surface area contributed by atoms with Crippen LogP contribution in [-0.2, 0) is 33.3 Å². The summed E-state index contributed by atoms with van der Waals surface area (Å²) in [6, 6.07) is 0. The van der Waals surface area contributed by atoms with E-state index in [0.717, 1.165) is 12.8 Å². The van der Waals surface area contributed by atoms with Crippen LogP contribution in [0, 0.1) is 23.2 Å². The lowest BCUT2D eigenvalue weighted by Gasteiger charge is -2.54. The SMILES string of the molecule is CCCCCC(=O)O[C@H]1[C@H](C)[C@@H]2[C@H](O)[C@@]3(O)[C@H](OC(=O)[C@@H]3C)/C(Cl)=C(/C)CC[C@H](OC(C)=O)[C@@]2(C)[C@H]2O[C@@H]12. The Morgan fingerprint density at radius 1 is 1.21 bits per heavy atom. The Bertz CT molecular complexity index is 997. The molecule has 214 valence electrons. The third-order valence-corrected chi connectivity index (χ3v) is 9.97. The molecule has 0 amide bonds. The third-order valence-electron chi connectivity index (χ3n) is 9.45. The van der Waals surface area contributed by atoms with Crippen LogP contribution in [0.15, 0.2) is 10.6 Å². The Morgan fingerprint density at radius 2 is 1.89 bits per heavy atom. The number of ether oxygens (including phenoxy) is 4. The molecule has 11 atom stereocenters. The van der Waals surface area contributed by atoms with Crippen LogP contribution < -0.4 is 0 Å². The van der Waals surface area contributed by atoms with Gasteiger partial charge in [-0.3, -0.25) is 14.4 Å². The van der Waals surface area contributed by atoms with Crippen molar-refractivity contribution in [2.75, 3.05) is 0 Å². The number of hydrogen-bond donors (Lipinski definition) is 2. The molecular formula is C28H41ClO9. The van der Waals surface area contributed by atoms with E-state index in [9.17, 15) is 24.6 Å². The number of carbonyl (C=O) groups is 3. The summed E-state index contributed by atoms with van der Waals surface area (Å²) < 4.78 is 23.5. The number of carbonyl (C=O) groups excluding carboxylic acids is 3. The normalized spacial score (nSPS) is 46.2. The first-order chi connectivity index (χ1) is 17.8. The predicted octanol–water partition coefficient (Wildman–Crippen LogP) is 3.41. The van der Waals surface area contributed by atoms with Crippen molar-refractivity contribution in [2.45, 2.75) is 122 Å². The van der Waals surface area contributed by atoms with Gasteiger partial charge in [0.2, 0.25) is 0 Å². The van der Waals surface area contributed by atoms with Crippen molar-refractivity contribution in [2.24, 2.45) is 23.2 Å². The minimum Gasteiger partial charge on any atom is -0.462 e. The van der Waals surface area contributed by atoms with E-state index in [1.54, 1.807) is 6.92 Å². The van der Waals surface area contributed by atoms with Crippen LogP contribution in [0.4, 0.5) is 0 Å². The van der Waals surface area contributed by atoms with Gasteiger partial charge in [0.25, 0.3) is 0 Å². The fraction of sp³-hybridized carbons (Fsp3) is 0.821. The number of hydrogen-bond acceptors (Lipinski definition) is 9. The van der Waals surface area contributed by atoms with Gasteiger partial charge in [0, 0.05) is 30.6 Å². The minimum atomic E-state index is -2.06. The van der Waals surface area contributed by atoms with E-state index < -0.39 is 77.3 Å². The molecule has 2 aliphatic carbocycles. The molecule has 0 aromatic heterocycles. The fourth-order valence-electron chi connectivity index (χ4n) is 7.13. The van der Waals surface area contributed by atoms with Gasteiger partial charge in [0.05, 0.1) is 23.2 Å². The van der Waals surface area contributed by atoms with Crippen LogP contribution in [0.5, 0.6) is 0 Å². The van der Waals surface area contributed by atoms with Gasteiger partial charge in [0.1, 0.15) is 23.9 Å². The van der Waals surface area contributed by atoms with Gasteiger partial charge in [-0.05, 0) is 33.1 Å². The summed E-state index contributed by atoms with van der Waals surface area (Å²) in [7, 11) is 0. The molecule has 0 unspecified atom stereocenters. The molecule has 2 heterocycles. The molecular weight excluding hydrogens is 516 g/mol. The van der Waals surface area contributed by atoms with Crippen molar-refractivity contribution in [3.63, 3.8) is 0 Å². The molecule has 9 nitrogen and oxygen atoms in total. The van der Waals surface area contributed by atoms with E-state index in [2.05, 4.69) is 6.92 Å². The average Bonchev–Trinajstić information content (AvgIpc) is 3.63. The number of unbranched alkanes of at least 4 members (excludes halogenated alkanes) is 2. The number of aliphatic hydroxyl groups is 2. The van der Waals surface area contributed by atoms with E-state index >= 15 is 0 Å². The summed E-state index contributed by atoms with van der Waals surface area (Å²) in [4.78, 5) is 37.7. The van der Waals surface area contributed by atoms with Gasteiger partial charge in [-0.1, -0.05) is 50.8 Å². The highest BCUT2D eigenvalue weighted by atomic mass is 35.5. The second-order valence-corrected chi connectivity index (χ2v) is 12.2. The van der Waals surface area contributed by atoms with Crippen molar-refractivity contribution >= 4 is 29.5 Å². The van der Waals surface area contributed by atoms with Crippen LogP contribution in [0.3, 0.4) is 0 Å². The number of aliphatic hydroxyl groups excluding tert-OH is 1. The highest BCUT2D eigenvalue weighted by Gasteiger charge is 2.74. The quantitative estimate of drug-likeness (QED) is 0.218. The molecule has 0 aromatic rings. The van der Waals surface area contributed by atoms with Crippen molar-refractivity contribution < 1.29 is 43.5 Å². The second-order valence-electron chi connectivity index (χ2n) is 11.8. The van der Waals surface area contributed by atoms with Crippen molar-refractivity contribution in [1.82, 2.24) is 0 Å². The van der Waals surface area contributed by atoms with Gasteiger partial charge < -0.3 is 29.2 Å². The molecule has 4 rings (SSSR count). The highest BCUT2D eigenvalue weighted by molar-refractivity contribution is 6.30. The lowest BCUT2D eigenvalue weighted by molar-refractivity contribution is -0.210. The Hall–Kier alpha value is -1.68. The zero-order valence-electron chi connectivity index (χ0n) is 23.1. The monoisotopic (exact) mass is 556 g/mol. The molecule has 2 aliphatic heterocycles. The molecule has 0 bridgehead atoms. The zero-order chi connectivity index (χ0) is 28.2. The molecule has 2 saturated heterocycles. The third kappa shape index (κ3) is 4.67. The molecule has 2 N–H and O–H groups in total. The smallest absolute Gasteiger partial charge is 0.312 e. The minimum absolute atomic E-state index is 0.150. The van der Waals surface area contributed by atoms with Crippen LogP contribution in [0.25, 0.3) is 0 Å². The van der Waals surface area contributed by atoms with Crippen LogP contribution in [-0.4, -0.2) is 70.3 Å². The van der Waals surface area contributed by atoms with Gasteiger partial charge in [-0.25, -0.2) is 0 Å². The van der Waals surface area contributed by atoms with E-state index in [4.69, 9.17) is 30.5 Å². The summed E-state index contributed by atoms with van der Waals surface area (Å²) in [6.07, 6.45) is -1.41. The fourth-order valence-corrected chi connectivity index (χ4v) is 7.45. The van der Waals surface area contributed by atoms with Gasteiger partial charge in [0.15, 0.2) is 6.10 Å². The lowest BCUT2D eigenvalue weighted by Crippen LogP contribution is -2.66. The average molecular weight is 557 g/mol. The summed E-state index contributed by atoms with van der Waals surface area (Å²) in [5, 5.41) is 24.4. The first kappa shape index (κ1) is 29.3. The van der Waals surface area contributed by atoms with Crippen LogP contribution in [0.2, 0.25) is 0 Å². The first-order valence-corrected chi connectivity index (χ1v) is 14.2. The summed E-state index contributed by atoms with van der Waals surface area (Å²) in [6.45, 7) is 10.4. The molecule has 4 aliphatic rings. The first-order valence-electron chi connectivity index (χ1n) is 13.8. The van der Waals surface area contributed by atoms with Crippen LogP contribution in [0.1, 0.15) is 80.1 Å². The highest BCUT2D eigenvalue weighted by Crippen LogP contribution is 2.61. The molecule has 0 radical (unpaired) electrons. The Labute approximate surface area is 229 Å². The number of fused-ring (bicyclic) bond motifs is 4. The van der Waals surface area contributed by atoms with Crippen molar-refractivity contribution in [3.8, 4) is 0 Å². The molecule has 3 fully saturated rings. The van der Waals surface area contributed by atoms with E-state index in [-0.39, 0.29) is 17.4 Å². The summed E-state index contributed by atoms with van der Waals surface area (Å²) >= 11 is 6.68. The molecule has 0 spiro atoms. The van der Waals surface area contributed by atoms with Crippen LogP contribution >= 0.6 is 11.6 Å².